The number of hydrazine groups is 1. The number of nitrogens with zero attached hydrogens (tertiary/aromatic N) is 3. The number of aryl methyl sites for hydroxylation is 1. The maximum Gasteiger partial charge on any atom is 0.391 e. The van der Waals surface area contributed by atoms with Crippen molar-refractivity contribution in [3.05, 3.63) is 11.4 Å². The van der Waals surface area contributed by atoms with E-state index >= 15 is 0 Å². The fourth-order valence-electron chi connectivity index (χ4n) is 2.58. The van der Waals surface area contributed by atoms with Crippen molar-refractivity contribution >= 4 is 11.6 Å². The number of hydrogen-bond donors (Lipinski definition) is 2. The summed E-state index contributed by atoms with van der Waals surface area (Å²) in [6.07, 6.45) is -3.27. The Labute approximate surface area is 121 Å². The van der Waals surface area contributed by atoms with E-state index in [0.29, 0.717) is 37.0 Å². The minimum Gasteiger partial charge on any atom is -0.356 e. The Balaban J connectivity index is 2.20. The molecule has 0 unspecified atom stereocenters. The number of aromatic nitrogens is 2. The second-order valence-corrected chi connectivity index (χ2v) is 5.24. The molecule has 1 saturated heterocycles. The van der Waals surface area contributed by atoms with Gasteiger partial charge in [-0.1, -0.05) is 6.92 Å². The van der Waals surface area contributed by atoms with E-state index in [0.717, 1.165) is 5.56 Å². The average Bonchev–Trinajstić information content (AvgIpc) is 2.47. The maximum absolute atomic E-state index is 12.7. The lowest BCUT2D eigenvalue weighted by Crippen LogP contribution is -2.40. The molecular formula is C13H20F3N5. The standard InChI is InChI=1S/C13H20F3N5/c1-3-10-18-11(20-17)8(2)12(19-10)21-6-4-9(5-7-21)13(14,15)16/h9H,3-7,17H2,1-2H3,(H,18,19,20). The van der Waals surface area contributed by atoms with Crippen molar-refractivity contribution in [1.29, 1.82) is 0 Å². The lowest BCUT2D eigenvalue weighted by molar-refractivity contribution is -0.179. The normalized spacial score (nSPS) is 17.1. The molecule has 1 aliphatic heterocycles. The highest BCUT2D eigenvalue weighted by atomic mass is 19.4. The van der Waals surface area contributed by atoms with E-state index in [1.165, 1.54) is 0 Å². The minimum absolute atomic E-state index is 0.0970. The summed E-state index contributed by atoms with van der Waals surface area (Å²) in [4.78, 5) is 10.6. The van der Waals surface area contributed by atoms with Crippen LogP contribution in [-0.2, 0) is 6.42 Å². The third-order valence-corrected chi connectivity index (χ3v) is 3.88. The number of rotatable bonds is 3. The predicted octanol–water partition coefficient (Wildman–Crippen LogP) is 2.41. The molecule has 8 heteroatoms. The van der Waals surface area contributed by atoms with E-state index in [-0.39, 0.29) is 12.8 Å². The molecule has 0 aliphatic carbocycles. The molecule has 3 N–H and O–H groups in total. The molecule has 1 aliphatic rings. The number of anilines is 2. The van der Waals surface area contributed by atoms with Gasteiger partial charge >= 0.3 is 6.18 Å². The van der Waals surface area contributed by atoms with Gasteiger partial charge in [-0.3, -0.25) is 0 Å². The van der Waals surface area contributed by atoms with Gasteiger partial charge in [0.2, 0.25) is 0 Å². The third kappa shape index (κ3) is 3.37. The number of piperidine rings is 1. The lowest BCUT2D eigenvalue weighted by Gasteiger charge is -2.34. The zero-order chi connectivity index (χ0) is 15.6. The minimum atomic E-state index is -4.11. The molecule has 0 amide bonds. The molecule has 2 heterocycles. The monoisotopic (exact) mass is 303 g/mol. The molecule has 1 fully saturated rings. The van der Waals surface area contributed by atoms with E-state index < -0.39 is 12.1 Å². The Kier molecular flexibility index (Phi) is 4.55. The van der Waals surface area contributed by atoms with E-state index in [4.69, 9.17) is 5.84 Å². The summed E-state index contributed by atoms with van der Waals surface area (Å²) >= 11 is 0. The fourth-order valence-corrected chi connectivity index (χ4v) is 2.58. The Morgan fingerprint density at radius 2 is 1.90 bits per heavy atom. The topological polar surface area (TPSA) is 67.1 Å². The maximum atomic E-state index is 12.7. The van der Waals surface area contributed by atoms with Gasteiger partial charge in [0.1, 0.15) is 17.5 Å². The van der Waals surface area contributed by atoms with Crippen molar-refractivity contribution in [2.45, 2.75) is 39.3 Å². The summed E-state index contributed by atoms with van der Waals surface area (Å²) in [5, 5.41) is 0. The first-order valence-corrected chi connectivity index (χ1v) is 7.02. The van der Waals surface area contributed by atoms with Crippen molar-refractivity contribution in [2.24, 2.45) is 11.8 Å². The molecule has 0 bridgehead atoms. The molecule has 0 saturated carbocycles. The van der Waals surface area contributed by atoms with E-state index in [9.17, 15) is 13.2 Å². The summed E-state index contributed by atoms with van der Waals surface area (Å²) < 4.78 is 38.2. The molecule has 0 spiro atoms. The number of hydrogen-bond acceptors (Lipinski definition) is 5. The van der Waals surface area contributed by atoms with Crippen LogP contribution < -0.4 is 16.2 Å². The highest BCUT2D eigenvalue weighted by molar-refractivity contribution is 5.58. The Morgan fingerprint density at radius 3 is 2.38 bits per heavy atom. The van der Waals surface area contributed by atoms with Crippen LogP contribution in [0.5, 0.6) is 0 Å². The van der Waals surface area contributed by atoms with Crippen LogP contribution in [0.3, 0.4) is 0 Å². The lowest BCUT2D eigenvalue weighted by atomic mass is 9.96. The fraction of sp³-hybridized carbons (Fsp3) is 0.692. The van der Waals surface area contributed by atoms with Crippen LogP contribution in [0.2, 0.25) is 0 Å². The van der Waals surface area contributed by atoms with Gasteiger partial charge in [-0.2, -0.15) is 13.2 Å². The SMILES string of the molecule is CCc1nc(NN)c(C)c(N2CCC(C(F)(F)F)CC2)n1. The van der Waals surface area contributed by atoms with Crippen molar-refractivity contribution in [3.8, 4) is 0 Å². The van der Waals surface area contributed by atoms with Crippen LogP contribution in [0.25, 0.3) is 0 Å². The third-order valence-electron chi connectivity index (χ3n) is 3.88. The first kappa shape index (κ1) is 15.8. The summed E-state index contributed by atoms with van der Waals surface area (Å²) in [5.74, 6) is 6.06. The van der Waals surface area contributed by atoms with Gasteiger partial charge in [0.15, 0.2) is 0 Å². The van der Waals surface area contributed by atoms with Gasteiger partial charge in [0.05, 0.1) is 5.92 Å². The molecule has 0 radical (unpaired) electrons. The number of nitrogens with two attached hydrogens (primary N) is 1. The largest absolute Gasteiger partial charge is 0.391 e. The second kappa shape index (κ2) is 6.05. The van der Waals surface area contributed by atoms with Crippen LogP contribution in [-0.4, -0.2) is 29.2 Å². The highest BCUT2D eigenvalue weighted by Crippen LogP contribution is 2.36. The average molecular weight is 303 g/mol. The van der Waals surface area contributed by atoms with Gasteiger partial charge in [0.25, 0.3) is 0 Å². The quantitative estimate of drug-likeness (QED) is 0.663. The van der Waals surface area contributed by atoms with Crippen LogP contribution in [0.4, 0.5) is 24.8 Å². The van der Waals surface area contributed by atoms with Crippen molar-refractivity contribution in [2.75, 3.05) is 23.4 Å². The molecule has 0 aromatic carbocycles. The Morgan fingerprint density at radius 1 is 1.29 bits per heavy atom. The molecule has 118 valence electrons. The molecule has 1 aromatic heterocycles. The second-order valence-electron chi connectivity index (χ2n) is 5.24. The van der Waals surface area contributed by atoms with Gasteiger partial charge in [-0.05, 0) is 19.8 Å². The zero-order valence-corrected chi connectivity index (χ0v) is 12.2. The number of alkyl halides is 3. The summed E-state index contributed by atoms with van der Waals surface area (Å²) in [7, 11) is 0. The molecule has 0 atom stereocenters. The number of halogens is 3. The summed E-state index contributed by atoms with van der Waals surface area (Å²) in [5.41, 5.74) is 3.29. The number of nitrogens with one attached hydrogen (secondary N) is 1. The van der Waals surface area contributed by atoms with E-state index in [1.54, 1.807) is 0 Å². The van der Waals surface area contributed by atoms with Crippen molar-refractivity contribution < 1.29 is 13.2 Å². The van der Waals surface area contributed by atoms with Crippen LogP contribution in [0, 0.1) is 12.8 Å². The van der Waals surface area contributed by atoms with Crippen molar-refractivity contribution in [1.82, 2.24) is 9.97 Å². The van der Waals surface area contributed by atoms with Crippen molar-refractivity contribution in [3.63, 3.8) is 0 Å². The highest BCUT2D eigenvalue weighted by Gasteiger charge is 2.41. The first-order valence-electron chi connectivity index (χ1n) is 7.02. The van der Waals surface area contributed by atoms with E-state index in [1.807, 2.05) is 18.7 Å². The van der Waals surface area contributed by atoms with Crippen LogP contribution >= 0.6 is 0 Å². The Hall–Kier alpha value is -1.57. The van der Waals surface area contributed by atoms with Gasteiger partial charge < -0.3 is 10.3 Å². The van der Waals surface area contributed by atoms with Crippen LogP contribution in [0.15, 0.2) is 0 Å². The molecular weight excluding hydrogens is 283 g/mol. The number of nitrogen functional groups attached to an aromatic ring is 1. The summed E-state index contributed by atoms with van der Waals surface area (Å²) in [6, 6.07) is 0. The zero-order valence-electron chi connectivity index (χ0n) is 12.2. The van der Waals surface area contributed by atoms with E-state index in [2.05, 4.69) is 15.4 Å². The van der Waals surface area contributed by atoms with Gasteiger partial charge in [-0.25, -0.2) is 15.8 Å². The molecule has 2 rings (SSSR count). The summed E-state index contributed by atoms with van der Waals surface area (Å²) in [6.45, 7) is 4.43. The molecule has 5 nitrogen and oxygen atoms in total. The predicted molar refractivity (Wildman–Crippen MR) is 74.9 cm³/mol. The molecule has 21 heavy (non-hydrogen) atoms. The smallest absolute Gasteiger partial charge is 0.356 e. The molecule has 1 aromatic rings. The van der Waals surface area contributed by atoms with Gasteiger partial charge in [0, 0.05) is 25.1 Å². The Bertz CT molecular complexity index is 495. The first-order chi connectivity index (χ1) is 9.86. The van der Waals surface area contributed by atoms with Gasteiger partial charge in [-0.15, -0.1) is 0 Å². The van der Waals surface area contributed by atoms with Crippen LogP contribution in [0.1, 0.15) is 31.2 Å².